The second-order valence-electron chi connectivity index (χ2n) is 6.01. The Kier molecular flexibility index (Phi) is 2.67. The Morgan fingerprint density at radius 1 is 1.32 bits per heavy atom. The summed E-state index contributed by atoms with van der Waals surface area (Å²) in [5.41, 5.74) is -1.19. The first kappa shape index (κ1) is 12.6. The van der Waals surface area contributed by atoms with Gasteiger partial charge in [-0.05, 0) is 26.2 Å². The summed E-state index contributed by atoms with van der Waals surface area (Å²) in [5, 5.41) is 9.36. The topological polar surface area (TPSA) is 83.9 Å². The molecule has 0 aromatic heterocycles. The van der Waals surface area contributed by atoms with E-state index >= 15 is 0 Å². The number of nitrogens with zero attached hydrogens (tertiary/aromatic N) is 1. The van der Waals surface area contributed by atoms with Gasteiger partial charge in [-0.1, -0.05) is 0 Å². The van der Waals surface area contributed by atoms with E-state index in [1.54, 1.807) is 6.92 Å². The predicted molar refractivity (Wildman–Crippen MR) is 63.0 cm³/mol. The lowest BCUT2D eigenvalue weighted by Crippen LogP contribution is -2.58. The molecule has 2 aliphatic heterocycles. The minimum atomic E-state index is -1.19. The monoisotopic (exact) mass is 267 g/mol. The van der Waals surface area contributed by atoms with Crippen LogP contribution >= 0.6 is 0 Å². The summed E-state index contributed by atoms with van der Waals surface area (Å²) in [6.07, 6.45) is 2.11. The zero-order valence-electron chi connectivity index (χ0n) is 10.8. The fourth-order valence-corrected chi connectivity index (χ4v) is 3.47. The molecule has 2 saturated heterocycles. The van der Waals surface area contributed by atoms with Gasteiger partial charge in [0, 0.05) is 11.8 Å². The van der Waals surface area contributed by atoms with E-state index in [9.17, 15) is 19.5 Å². The molecule has 1 N–H and O–H groups in total. The number of hydrogen-bond acceptors (Lipinski definition) is 4. The Morgan fingerprint density at radius 3 is 2.42 bits per heavy atom. The second kappa shape index (κ2) is 4.03. The number of carboxylic acids is 1. The summed E-state index contributed by atoms with van der Waals surface area (Å²) in [7, 11) is 0. The van der Waals surface area contributed by atoms with Crippen LogP contribution in [-0.2, 0) is 19.1 Å². The van der Waals surface area contributed by atoms with E-state index < -0.39 is 17.4 Å². The van der Waals surface area contributed by atoms with Crippen molar-refractivity contribution in [3.63, 3.8) is 0 Å². The molecular weight excluding hydrogens is 250 g/mol. The summed E-state index contributed by atoms with van der Waals surface area (Å²) in [6, 6.07) is -0.673. The zero-order chi connectivity index (χ0) is 13.8. The number of carbonyl (C=O) groups is 3. The highest BCUT2D eigenvalue weighted by atomic mass is 16.5. The van der Waals surface area contributed by atoms with Crippen LogP contribution < -0.4 is 0 Å². The zero-order valence-corrected chi connectivity index (χ0v) is 10.8. The number of ether oxygens (including phenoxy) is 1. The maximum Gasteiger partial charge on any atom is 0.313 e. The van der Waals surface area contributed by atoms with Crippen LogP contribution in [0.3, 0.4) is 0 Å². The Balaban J connectivity index is 1.95. The van der Waals surface area contributed by atoms with Gasteiger partial charge in [-0.25, -0.2) is 0 Å². The Hall–Kier alpha value is -1.43. The van der Waals surface area contributed by atoms with Gasteiger partial charge in [0.15, 0.2) is 0 Å². The first-order valence-corrected chi connectivity index (χ1v) is 6.63. The third kappa shape index (κ3) is 1.62. The predicted octanol–water partition coefficient (Wildman–Crippen LogP) is 0.261. The van der Waals surface area contributed by atoms with Gasteiger partial charge >= 0.3 is 5.97 Å². The summed E-state index contributed by atoms with van der Waals surface area (Å²) in [6.45, 7) is 1.71. The normalized spacial score (nSPS) is 41.9. The molecule has 1 aliphatic carbocycles. The van der Waals surface area contributed by atoms with Crippen LogP contribution in [0.25, 0.3) is 0 Å². The highest BCUT2D eigenvalue weighted by molar-refractivity contribution is 6.02. The number of piperidine rings is 1. The van der Waals surface area contributed by atoms with Crippen LogP contribution in [-0.4, -0.2) is 47.0 Å². The van der Waals surface area contributed by atoms with Gasteiger partial charge in [0.05, 0.1) is 19.3 Å². The second-order valence-corrected chi connectivity index (χ2v) is 6.01. The minimum Gasteiger partial charge on any atom is -0.481 e. The van der Waals surface area contributed by atoms with Crippen molar-refractivity contribution < 1.29 is 24.2 Å². The molecule has 3 fully saturated rings. The van der Waals surface area contributed by atoms with E-state index in [0.717, 1.165) is 12.8 Å². The lowest BCUT2D eigenvalue weighted by molar-refractivity contribution is -0.162. The maximum absolute atomic E-state index is 12.3. The molecule has 3 aliphatic rings. The van der Waals surface area contributed by atoms with E-state index in [4.69, 9.17) is 4.74 Å². The van der Waals surface area contributed by atoms with Crippen molar-refractivity contribution in [2.45, 2.75) is 32.2 Å². The van der Waals surface area contributed by atoms with Crippen molar-refractivity contribution in [1.82, 2.24) is 4.90 Å². The SMILES string of the molecule is CC1(C(=O)O)COCC1N1C(=O)C2CCC(C2)C1=O. The molecule has 6 heteroatoms. The van der Waals surface area contributed by atoms with E-state index in [0.29, 0.717) is 6.42 Å². The number of likely N-dealkylation sites (tertiary alicyclic amines) is 1. The Labute approximate surface area is 110 Å². The van der Waals surface area contributed by atoms with Crippen molar-refractivity contribution in [3.8, 4) is 0 Å². The first-order chi connectivity index (χ1) is 8.95. The van der Waals surface area contributed by atoms with Crippen molar-refractivity contribution in [2.75, 3.05) is 13.2 Å². The Bertz CT molecular complexity index is 440. The first-order valence-electron chi connectivity index (χ1n) is 6.63. The molecule has 1 saturated carbocycles. The molecule has 0 aromatic rings. The van der Waals surface area contributed by atoms with E-state index in [-0.39, 0.29) is 36.9 Å². The van der Waals surface area contributed by atoms with Crippen molar-refractivity contribution >= 4 is 17.8 Å². The van der Waals surface area contributed by atoms with Gasteiger partial charge in [0.25, 0.3) is 0 Å². The van der Waals surface area contributed by atoms with Gasteiger partial charge in [-0.3, -0.25) is 19.3 Å². The van der Waals surface area contributed by atoms with Gasteiger partial charge in [0.1, 0.15) is 5.41 Å². The van der Waals surface area contributed by atoms with Crippen LogP contribution in [0.5, 0.6) is 0 Å². The number of amides is 2. The number of fused-ring (bicyclic) bond motifs is 2. The van der Waals surface area contributed by atoms with Crippen LogP contribution in [0.15, 0.2) is 0 Å². The van der Waals surface area contributed by atoms with E-state index in [1.165, 1.54) is 4.90 Å². The molecule has 19 heavy (non-hydrogen) atoms. The van der Waals surface area contributed by atoms with E-state index in [1.807, 2.05) is 0 Å². The van der Waals surface area contributed by atoms with Gasteiger partial charge in [0.2, 0.25) is 11.8 Å². The molecule has 6 nitrogen and oxygen atoms in total. The maximum atomic E-state index is 12.3. The van der Waals surface area contributed by atoms with Crippen molar-refractivity contribution in [1.29, 1.82) is 0 Å². The smallest absolute Gasteiger partial charge is 0.313 e. The molecule has 4 atom stereocenters. The number of carboxylic acid groups (broad SMARTS) is 1. The molecule has 2 heterocycles. The average Bonchev–Trinajstić information content (AvgIpc) is 2.95. The summed E-state index contributed by atoms with van der Waals surface area (Å²) >= 11 is 0. The highest BCUT2D eigenvalue weighted by Gasteiger charge is 2.56. The van der Waals surface area contributed by atoms with Crippen molar-refractivity contribution in [3.05, 3.63) is 0 Å². The number of imide groups is 1. The van der Waals surface area contributed by atoms with Crippen molar-refractivity contribution in [2.24, 2.45) is 17.3 Å². The summed E-state index contributed by atoms with van der Waals surface area (Å²) in [5.74, 6) is -1.65. The number of hydrogen-bond donors (Lipinski definition) is 1. The molecule has 104 valence electrons. The highest BCUT2D eigenvalue weighted by Crippen LogP contribution is 2.42. The third-order valence-electron chi connectivity index (χ3n) is 4.82. The molecule has 2 amide bonds. The molecular formula is C13H17NO5. The quantitative estimate of drug-likeness (QED) is 0.726. The van der Waals surface area contributed by atoms with Crippen LogP contribution in [0, 0.1) is 17.3 Å². The number of rotatable bonds is 2. The van der Waals surface area contributed by atoms with Gasteiger partial charge in [-0.2, -0.15) is 0 Å². The van der Waals surface area contributed by atoms with Crippen LogP contribution in [0.2, 0.25) is 0 Å². The summed E-state index contributed by atoms with van der Waals surface area (Å²) < 4.78 is 5.25. The van der Waals surface area contributed by atoms with Crippen LogP contribution in [0.1, 0.15) is 26.2 Å². The fraction of sp³-hybridized carbons (Fsp3) is 0.769. The summed E-state index contributed by atoms with van der Waals surface area (Å²) in [4.78, 5) is 37.3. The molecule has 0 spiro atoms. The molecule has 4 unspecified atom stereocenters. The molecule has 2 bridgehead atoms. The van der Waals surface area contributed by atoms with Crippen LogP contribution in [0.4, 0.5) is 0 Å². The lowest BCUT2D eigenvalue weighted by atomic mass is 9.82. The average molecular weight is 267 g/mol. The molecule has 0 radical (unpaired) electrons. The van der Waals surface area contributed by atoms with Gasteiger partial charge in [-0.15, -0.1) is 0 Å². The standard InChI is InChI=1S/C13H17NO5/c1-13(12(17)18)6-19-5-9(13)14-10(15)7-2-3-8(4-7)11(14)16/h7-9H,2-6H2,1H3,(H,17,18). The largest absolute Gasteiger partial charge is 0.481 e. The fourth-order valence-electron chi connectivity index (χ4n) is 3.47. The minimum absolute atomic E-state index is 0.0411. The molecule has 0 aromatic carbocycles. The number of aliphatic carboxylic acids is 1. The Morgan fingerprint density at radius 2 is 1.89 bits per heavy atom. The lowest BCUT2D eigenvalue weighted by Gasteiger charge is -2.38. The van der Waals surface area contributed by atoms with Gasteiger partial charge < -0.3 is 9.84 Å². The van der Waals surface area contributed by atoms with E-state index in [2.05, 4.69) is 0 Å². The number of carbonyl (C=O) groups excluding carboxylic acids is 2. The molecule has 3 rings (SSSR count). The third-order valence-corrected chi connectivity index (χ3v) is 4.82.